The largest absolute Gasteiger partial charge is 0.289 e. The van der Waals surface area contributed by atoms with Gasteiger partial charge in [-0.25, -0.2) is 0 Å². The van der Waals surface area contributed by atoms with E-state index in [2.05, 4.69) is 108 Å². The van der Waals surface area contributed by atoms with Crippen LogP contribution in [0.15, 0.2) is 72.8 Å². The molecule has 4 aromatic rings. The second kappa shape index (κ2) is 9.88. The Morgan fingerprint density at radius 2 is 1.05 bits per heavy atom. The first-order chi connectivity index (χ1) is 19.2. The molecule has 2 aliphatic rings. The molecular formula is C39H42O. The Morgan fingerprint density at radius 3 is 1.68 bits per heavy atom. The summed E-state index contributed by atoms with van der Waals surface area (Å²) >= 11 is 0. The third-order valence-corrected chi connectivity index (χ3v) is 9.85. The van der Waals surface area contributed by atoms with Crippen molar-refractivity contribution in [3.8, 4) is 22.3 Å². The van der Waals surface area contributed by atoms with Crippen LogP contribution >= 0.6 is 0 Å². The minimum Gasteiger partial charge on any atom is -0.289 e. The molecule has 0 fully saturated rings. The molecule has 0 aliphatic heterocycles. The smallest absolute Gasteiger partial charge is 0.194 e. The minimum absolute atomic E-state index is 0.0716. The Morgan fingerprint density at radius 1 is 0.575 bits per heavy atom. The van der Waals surface area contributed by atoms with Gasteiger partial charge in [-0.3, -0.25) is 4.79 Å². The summed E-state index contributed by atoms with van der Waals surface area (Å²) in [5.41, 5.74) is 14.5. The van der Waals surface area contributed by atoms with Gasteiger partial charge < -0.3 is 0 Å². The van der Waals surface area contributed by atoms with Crippen molar-refractivity contribution in [1.29, 1.82) is 0 Å². The first-order valence-electron chi connectivity index (χ1n) is 15.3. The molecule has 0 heterocycles. The topological polar surface area (TPSA) is 17.1 Å². The van der Waals surface area contributed by atoms with E-state index in [0.29, 0.717) is 0 Å². The van der Waals surface area contributed by atoms with Gasteiger partial charge >= 0.3 is 0 Å². The molecule has 0 radical (unpaired) electrons. The number of aryl methyl sites for hydroxylation is 2. The molecule has 1 heteroatoms. The van der Waals surface area contributed by atoms with Crippen molar-refractivity contribution in [2.45, 2.75) is 90.9 Å². The second-order valence-electron chi connectivity index (χ2n) is 12.9. The Kier molecular flexibility index (Phi) is 6.61. The average molecular weight is 527 g/mol. The lowest BCUT2D eigenvalue weighted by atomic mass is 9.69. The summed E-state index contributed by atoms with van der Waals surface area (Å²) in [5, 5.41) is 0. The third kappa shape index (κ3) is 4.00. The number of carbonyl (C=O) groups is 1. The first kappa shape index (κ1) is 26.8. The summed E-state index contributed by atoms with van der Waals surface area (Å²) in [4.78, 5) is 13.4. The fourth-order valence-electron chi connectivity index (χ4n) is 7.37. The highest BCUT2D eigenvalue weighted by Gasteiger charge is 2.43. The number of hydrogen-bond acceptors (Lipinski definition) is 1. The van der Waals surface area contributed by atoms with Gasteiger partial charge in [0.25, 0.3) is 0 Å². The molecule has 2 aliphatic carbocycles. The van der Waals surface area contributed by atoms with E-state index in [9.17, 15) is 4.79 Å². The molecule has 0 spiro atoms. The molecule has 0 aromatic heterocycles. The summed E-state index contributed by atoms with van der Waals surface area (Å²) in [6.45, 7) is 13.6. The maximum atomic E-state index is 13.4. The number of fused-ring (bicyclic) bond motifs is 6. The van der Waals surface area contributed by atoms with E-state index in [-0.39, 0.29) is 16.6 Å². The zero-order valence-electron chi connectivity index (χ0n) is 25.1. The highest BCUT2D eigenvalue weighted by molar-refractivity contribution is 6.21. The summed E-state index contributed by atoms with van der Waals surface area (Å²) in [5.74, 6) is 0.157. The fraction of sp³-hybridized carbons (Fsp3) is 0.359. The average Bonchev–Trinajstić information content (AvgIpc) is 3.38. The molecule has 0 N–H and O–H groups in total. The van der Waals surface area contributed by atoms with Crippen LogP contribution in [0.2, 0.25) is 0 Å². The van der Waals surface area contributed by atoms with Gasteiger partial charge in [0.15, 0.2) is 5.78 Å². The van der Waals surface area contributed by atoms with Crippen LogP contribution in [0.25, 0.3) is 22.3 Å². The second-order valence-corrected chi connectivity index (χ2v) is 12.9. The standard InChI is InChI=1S/C39H42O/c1-7-9-19-39(20-10-8-2)35-22-26(4)12-16-31(35)32-18-14-28(24-36(32)39)38(5,6)27-13-17-30-29-15-11-25(3)21-33(29)37(40)34(30)23-27/h11-18,21-24H,7-10,19-20H2,1-6H3. The zero-order valence-corrected chi connectivity index (χ0v) is 25.1. The summed E-state index contributed by atoms with van der Waals surface area (Å²) in [6, 6.07) is 27.2. The van der Waals surface area contributed by atoms with Crippen LogP contribution in [0.5, 0.6) is 0 Å². The van der Waals surface area contributed by atoms with E-state index in [1.165, 1.54) is 77.5 Å². The summed E-state index contributed by atoms with van der Waals surface area (Å²) < 4.78 is 0. The van der Waals surface area contributed by atoms with Gasteiger partial charge in [-0.2, -0.15) is 0 Å². The van der Waals surface area contributed by atoms with Crippen LogP contribution in [-0.4, -0.2) is 5.78 Å². The molecule has 0 saturated heterocycles. The Labute approximate surface area is 240 Å². The van der Waals surface area contributed by atoms with Gasteiger partial charge in [0, 0.05) is 22.0 Å². The van der Waals surface area contributed by atoms with Crippen molar-refractivity contribution in [2.75, 3.05) is 0 Å². The molecule has 0 saturated carbocycles. The van der Waals surface area contributed by atoms with E-state index in [1.54, 1.807) is 0 Å². The van der Waals surface area contributed by atoms with Gasteiger partial charge in [-0.05, 0) is 83.3 Å². The quantitative estimate of drug-likeness (QED) is 0.196. The van der Waals surface area contributed by atoms with Gasteiger partial charge in [0.05, 0.1) is 0 Å². The Balaban J connectivity index is 1.47. The van der Waals surface area contributed by atoms with Gasteiger partial charge in [-0.1, -0.05) is 125 Å². The predicted molar refractivity (Wildman–Crippen MR) is 169 cm³/mol. The van der Waals surface area contributed by atoms with Crippen LogP contribution in [0.1, 0.15) is 116 Å². The number of benzene rings is 4. The number of unbranched alkanes of at least 4 members (excludes halogenated alkanes) is 2. The molecule has 40 heavy (non-hydrogen) atoms. The van der Waals surface area contributed by atoms with E-state index in [1.807, 2.05) is 6.07 Å². The van der Waals surface area contributed by atoms with Crippen molar-refractivity contribution >= 4 is 5.78 Å². The molecule has 4 aromatic carbocycles. The Bertz CT molecular complexity index is 1630. The highest BCUT2D eigenvalue weighted by Crippen LogP contribution is 2.55. The van der Waals surface area contributed by atoms with Crippen molar-refractivity contribution in [3.05, 3.63) is 117 Å². The maximum Gasteiger partial charge on any atom is 0.194 e. The lowest BCUT2D eigenvalue weighted by Crippen LogP contribution is -2.27. The van der Waals surface area contributed by atoms with Gasteiger partial charge in [0.2, 0.25) is 0 Å². The SMILES string of the molecule is CCCCC1(CCCC)c2cc(C)ccc2-c2ccc(C(C)(C)c3ccc4c(c3)C(=O)c3cc(C)ccc3-4)cc21. The summed E-state index contributed by atoms with van der Waals surface area (Å²) in [6.07, 6.45) is 7.28. The molecule has 0 amide bonds. The van der Waals surface area contributed by atoms with Crippen molar-refractivity contribution < 1.29 is 4.79 Å². The van der Waals surface area contributed by atoms with Crippen molar-refractivity contribution in [3.63, 3.8) is 0 Å². The predicted octanol–water partition coefficient (Wildman–Crippen LogP) is 10.5. The maximum absolute atomic E-state index is 13.4. The van der Waals surface area contributed by atoms with Crippen LogP contribution in [0.3, 0.4) is 0 Å². The number of rotatable bonds is 8. The van der Waals surface area contributed by atoms with Gasteiger partial charge in [-0.15, -0.1) is 0 Å². The minimum atomic E-state index is -0.235. The normalized spacial score (nSPS) is 14.6. The summed E-state index contributed by atoms with van der Waals surface area (Å²) in [7, 11) is 0. The van der Waals surface area contributed by atoms with Crippen LogP contribution in [0.4, 0.5) is 0 Å². The monoisotopic (exact) mass is 526 g/mol. The van der Waals surface area contributed by atoms with Crippen molar-refractivity contribution in [2.24, 2.45) is 0 Å². The zero-order chi connectivity index (χ0) is 28.2. The molecule has 0 unspecified atom stereocenters. The van der Waals surface area contributed by atoms with E-state index >= 15 is 0 Å². The number of carbonyl (C=O) groups excluding carboxylic acids is 1. The number of ketones is 1. The first-order valence-corrected chi connectivity index (χ1v) is 15.3. The van der Waals surface area contributed by atoms with Crippen molar-refractivity contribution in [1.82, 2.24) is 0 Å². The van der Waals surface area contributed by atoms with Gasteiger partial charge in [0.1, 0.15) is 0 Å². The van der Waals surface area contributed by atoms with Crippen LogP contribution in [-0.2, 0) is 10.8 Å². The number of hydrogen-bond donors (Lipinski definition) is 0. The molecule has 6 rings (SSSR count). The van der Waals surface area contributed by atoms with E-state index in [0.717, 1.165) is 27.8 Å². The molecule has 0 atom stereocenters. The van der Waals surface area contributed by atoms with E-state index in [4.69, 9.17) is 0 Å². The van der Waals surface area contributed by atoms with E-state index < -0.39 is 0 Å². The van der Waals surface area contributed by atoms with Crippen LogP contribution in [0, 0.1) is 13.8 Å². The molecule has 1 nitrogen and oxygen atoms in total. The molecular weight excluding hydrogens is 484 g/mol. The Hall–Kier alpha value is -3.45. The molecule has 204 valence electrons. The third-order valence-electron chi connectivity index (χ3n) is 9.85. The lowest BCUT2D eigenvalue weighted by molar-refractivity contribution is 0.104. The fourth-order valence-corrected chi connectivity index (χ4v) is 7.37. The molecule has 0 bridgehead atoms. The highest BCUT2D eigenvalue weighted by atomic mass is 16.1. The lowest BCUT2D eigenvalue weighted by Gasteiger charge is -2.34. The van der Waals surface area contributed by atoms with Crippen LogP contribution < -0.4 is 0 Å².